The maximum absolute atomic E-state index is 14.5. The minimum atomic E-state index is -0.971. The van der Waals surface area contributed by atoms with E-state index in [1.807, 2.05) is 0 Å². The molecule has 0 unspecified atom stereocenters. The summed E-state index contributed by atoms with van der Waals surface area (Å²) < 4.78 is 33.8. The predicted molar refractivity (Wildman–Crippen MR) is 103 cm³/mol. The van der Waals surface area contributed by atoms with Crippen LogP contribution in [0.4, 0.5) is 20.2 Å². The molecule has 2 rings (SSSR count). The second-order valence-corrected chi connectivity index (χ2v) is 6.29. The molecule has 1 saturated heterocycles. The Morgan fingerprint density at radius 3 is 2.36 bits per heavy atom. The lowest BCUT2D eigenvalue weighted by Gasteiger charge is -2.32. The van der Waals surface area contributed by atoms with Gasteiger partial charge in [0.25, 0.3) is 5.17 Å². The van der Waals surface area contributed by atoms with Crippen molar-refractivity contribution in [3.63, 3.8) is 0 Å². The van der Waals surface area contributed by atoms with Gasteiger partial charge in [-0.25, -0.2) is 14.6 Å². The average molecular weight is 414 g/mol. The lowest BCUT2D eigenvalue weighted by atomic mass is 10.2. The van der Waals surface area contributed by atoms with Crippen molar-refractivity contribution in [1.82, 2.24) is 10.2 Å². The number of anilines is 2. The second-order valence-electron chi connectivity index (χ2n) is 5.92. The molecule has 12 heteroatoms. The van der Waals surface area contributed by atoms with Gasteiger partial charge < -0.3 is 20.7 Å². The molecule has 0 atom stereocenters. The Hall–Kier alpha value is -2.99. The number of imide groups is 1. The normalized spacial score (nSPS) is 15.0. The molecule has 1 aliphatic rings. The lowest BCUT2D eigenvalue weighted by molar-refractivity contribution is -0.143. The topological polar surface area (TPSA) is 117 Å². The number of hydrazine groups is 1. The Morgan fingerprint density at radius 2 is 1.86 bits per heavy atom. The van der Waals surface area contributed by atoms with Gasteiger partial charge in [-0.15, -0.1) is 0 Å². The number of nitrogens with one attached hydrogen (secondary N) is 1. The molecule has 1 aromatic rings. The molecule has 0 spiro atoms. The molecular weight excluding hydrogens is 394 g/mol. The van der Waals surface area contributed by atoms with E-state index in [0.717, 1.165) is 26.9 Å². The fourth-order valence-corrected chi connectivity index (χ4v) is 2.51. The molecule has 28 heavy (non-hydrogen) atoms. The smallest absolute Gasteiger partial charge is 0.256 e. The first-order chi connectivity index (χ1) is 13.1. The molecule has 1 aromatic carbocycles. The molecule has 2 amide bonds. The number of methoxy groups -OCH3 is 1. The number of rotatable bonds is 5. The van der Waals surface area contributed by atoms with E-state index in [0.29, 0.717) is 0 Å². The maximum atomic E-state index is 14.5. The van der Waals surface area contributed by atoms with Crippen LogP contribution in [0.2, 0.25) is 0 Å². The average Bonchev–Trinajstić information content (AvgIpc) is 2.63. The fourth-order valence-electron chi connectivity index (χ4n) is 2.44. The van der Waals surface area contributed by atoms with Crippen LogP contribution in [0.15, 0.2) is 24.0 Å². The minimum Gasteiger partial charge on any atom is -0.474 e. The minimum absolute atomic E-state index is 0.0252. The van der Waals surface area contributed by atoms with E-state index in [1.165, 1.54) is 20.4 Å². The number of likely N-dealkylation sites (N-methyl/N-ethyl adjacent to an activating group) is 1. The van der Waals surface area contributed by atoms with Gasteiger partial charge in [-0.2, -0.15) is 0 Å². The molecule has 1 aliphatic heterocycles. The molecule has 0 saturated carbocycles. The fraction of sp³-hybridized carbons (Fsp3) is 0.312. The Morgan fingerprint density at radius 1 is 1.32 bits per heavy atom. The van der Waals surface area contributed by atoms with Crippen molar-refractivity contribution in [2.75, 3.05) is 43.7 Å². The van der Waals surface area contributed by atoms with Crippen LogP contribution < -0.4 is 26.8 Å². The van der Waals surface area contributed by atoms with Crippen LogP contribution in [-0.4, -0.2) is 55.7 Å². The Balaban J connectivity index is 2.20. The highest BCUT2D eigenvalue weighted by molar-refractivity contribution is 7.80. The third-order valence-corrected chi connectivity index (χ3v) is 4.25. The van der Waals surface area contributed by atoms with Crippen LogP contribution in [0.1, 0.15) is 0 Å². The zero-order valence-corrected chi connectivity index (χ0v) is 16.1. The van der Waals surface area contributed by atoms with E-state index in [4.69, 9.17) is 28.5 Å². The van der Waals surface area contributed by atoms with E-state index in [9.17, 15) is 18.4 Å². The summed E-state index contributed by atoms with van der Waals surface area (Å²) >= 11 is 4.80. The quantitative estimate of drug-likeness (QED) is 0.260. The summed E-state index contributed by atoms with van der Waals surface area (Å²) in [7, 11) is 2.70. The molecule has 152 valence electrons. The molecule has 1 heterocycles. The number of hydrogen-bond donors (Lipinski definition) is 3. The van der Waals surface area contributed by atoms with E-state index in [-0.39, 0.29) is 36.2 Å². The van der Waals surface area contributed by atoms with E-state index in [1.54, 1.807) is 0 Å². The number of benzene rings is 1. The van der Waals surface area contributed by atoms with E-state index in [2.05, 4.69) is 5.32 Å². The van der Waals surface area contributed by atoms with Crippen LogP contribution in [0.5, 0.6) is 0 Å². The second kappa shape index (κ2) is 8.80. The number of thiocarbonyl (C=S) groups is 1. The van der Waals surface area contributed by atoms with Crippen LogP contribution in [0.25, 0.3) is 0 Å². The first kappa shape index (κ1) is 21.3. The number of piperazine rings is 1. The Labute approximate surface area is 165 Å². The van der Waals surface area contributed by atoms with E-state index < -0.39 is 29.1 Å². The van der Waals surface area contributed by atoms with Crippen molar-refractivity contribution in [2.45, 2.75) is 0 Å². The number of hydrogen-bond acceptors (Lipinski definition) is 8. The summed E-state index contributed by atoms with van der Waals surface area (Å²) in [6, 6.07) is 1.95. The van der Waals surface area contributed by atoms with Crippen molar-refractivity contribution >= 4 is 40.6 Å². The molecule has 0 aromatic heterocycles. The third-order valence-electron chi connectivity index (χ3n) is 3.94. The number of halogens is 2. The van der Waals surface area contributed by atoms with Crippen molar-refractivity contribution in [1.29, 1.82) is 0 Å². The SMILES string of the molecule is COC(=S)NC/C(N)=C/N(N)c1cc(F)c(N2CC(=O)N(C)C(=O)C2)c(F)c1. The molecule has 0 aliphatic carbocycles. The van der Waals surface area contributed by atoms with Gasteiger partial charge in [-0.05, 0) is 12.2 Å². The highest BCUT2D eigenvalue weighted by atomic mass is 32.1. The van der Waals surface area contributed by atoms with Gasteiger partial charge in [0.1, 0.15) is 5.69 Å². The predicted octanol–water partition coefficient (Wildman–Crippen LogP) is -0.229. The molecule has 0 bridgehead atoms. The maximum Gasteiger partial charge on any atom is 0.256 e. The van der Waals surface area contributed by atoms with Gasteiger partial charge >= 0.3 is 0 Å². The molecule has 5 N–H and O–H groups in total. The summed E-state index contributed by atoms with van der Waals surface area (Å²) in [6.07, 6.45) is 1.25. The first-order valence-electron chi connectivity index (χ1n) is 7.99. The van der Waals surface area contributed by atoms with E-state index >= 15 is 0 Å². The number of carbonyl (C=O) groups is 2. The molecular formula is C16H20F2N6O3S. The van der Waals surface area contributed by atoms with Crippen molar-refractivity contribution in [3.05, 3.63) is 35.7 Å². The molecule has 0 radical (unpaired) electrons. The molecule has 9 nitrogen and oxygen atoms in total. The third kappa shape index (κ3) is 4.84. The summed E-state index contributed by atoms with van der Waals surface area (Å²) in [5.41, 5.74) is 5.49. The standard InChI is InChI=1S/C16H20F2N6O3S/c1-22-13(25)7-23(8-14(22)26)15-11(17)3-10(4-12(15)18)24(20)6-9(19)5-21-16(28)27-2/h3-4,6H,5,7-8,19-20H2,1-2H3,(H,21,28)/b9-6-. The van der Waals surface area contributed by atoms with Gasteiger partial charge in [0.2, 0.25) is 11.8 Å². The molecule has 1 fully saturated rings. The number of amides is 2. The number of nitrogens with two attached hydrogens (primary N) is 2. The summed E-state index contributed by atoms with van der Waals surface area (Å²) in [6.45, 7) is -0.533. The zero-order chi connectivity index (χ0) is 21.0. The van der Waals surface area contributed by atoms with Gasteiger partial charge in [-0.3, -0.25) is 19.5 Å². The van der Waals surface area contributed by atoms with Gasteiger partial charge in [0.05, 0.1) is 32.4 Å². The van der Waals surface area contributed by atoms with Crippen LogP contribution in [0.3, 0.4) is 0 Å². The van der Waals surface area contributed by atoms with Gasteiger partial charge in [0.15, 0.2) is 11.6 Å². The monoisotopic (exact) mass is 414 g/mol. The van der Waals surface area contributed by atoms with Crippen LogP contribution in [-0.2, 0) is 14.3 Å². The van der Waals surface area contributed by atoms with Crippen LogP contribution >= 0.6 is 12.2 Å². The van der Waals surface area contributed by atoms with Crippen molar-refractivity contribution in [3.8, 4) is 0 Å². The van der Waals surface area contributed by atoms with Gasteiger partial charge in [0, 0.05) is 31.1 Å². The highest BCUT2D eigenvalue weighted by Gasteiger charge is 2.31. The highest BCUT2D eigenvalue weighted by Crippen LogP contribution is 2.29. The first-order valence-corrected chi connectivity index (χ1v) is 8.40. The summed E-state index contributed by atoms with van der Waals surface area (Å²) in [4.78, 5) is 25.5. The van der Waals surface area contributed by atoms with Gasteiger partial charge in [-0.1, -0.05) is 0 Å². The lowest BCUT2D eigenvalue weighted by Crippen LogP contribution is -2.52. The Bertz CT molecular complexity index is 794. The van der Waals surface area contributed by atoms with Crippen molar-refractivity contribution < 1.29 is 23.1 Å². The number of nitrogens with zero attached hydrogens (tertiary/aromatic N) is 3. The summed E-state index contributed by atoms with van der Waals surface area (Å²) in [5, 5.41) is 3.74. The largest absolute Gasteiger partial charge is 0.474 e. The number of ether oxygens (including phenoxy) is 1. The van der Waals surface area contributed by atoms with Crippen LogP contribution in [0, 0.1) is 11.6 Å². The Kier molecular flexibility index (Phi) is 6.70. The zero-order valence-electron chi connectivity index (χ0n) is 15.2. The number of carbonyl (C=O) groups excluding carboxylic acids is 2. The summed E-state index contributed by atoms with van der Waals surface area (Å²) in [5.74, 6) is 2.73. The van der Waals surface area contributed by atoms with Crippen molar-refractivity contribution in [2.24, 2.45) is 11.6 Å².